The highest BCUT2D eigenvalue weighted by atomic mass is 16.6. The molecule has 2 amide bonds. The van der Waals surface area contributed by atoms with E-state index in [9.17, 15) is 19.7 Å². The van der Waals surface area contributed by atoms with Crippen LogP contribution in [-0.4, -0.2) is 35.7 Å². The first-order valence-electron chi connectivity index (χ1n) is 8.06. The van der Waals surface area contributed by atoms with Gasteiger partial charge in [0.25, 0.3) is 5.69 Å². The lowest BCUT2D eigenvalue weighted by atomic mass is 9.78. The molecular formula is C17H23N3O4. The predicted molar refractivity (Wildman–Crippen MR) is 90.6 cm³/mol. The fourth-order valence-corrected chi connectivity index (χ4v) is 3.23. The van der Waals surface area contributed by atoms with Crippen LogP contribution in [0.5, 0.6) is 0 Å². The van der Waals surface area contributed by atoms with Gasteiger partial charge in [-0.25, -0.2) is 0 Å². The quantitative estimate of drug-likeness (QED) is 0.640. The Labute approximate surface area is 141 Å². The molecule has 0 spiro atoms. The minimum Gasteiger partial charge on any atom is -0.349 e. The van der Waals surface area contributed by atoms with Crippen LogP contribution in [0.3, 0.4) is 0 Å². The summed E-state index contributed by atoms with van der Waals surface area (Å²) in [5, 5.41) is 13.4. The Kier molecular flexibility index (Phi) is 5.54. The third-order valence-electron chi connectivity index (χ3n) is 4.59. The van der Waals surface area contributed by atoms with E-state index >= 15 is 0 Å². The molecule has 24 heavy (non-hydrogen) atoms. The first kappa shape index (κ1) is 17.9. The van der Waals surface area contributed by atoms with Gasteiger partial charge in [0.05, 0.1) is 4.92 Å². The van der Waals surface area contributed by atoms with Gasteiger partial charge in [-0.1, -0.05) is 12.8 Å². The van der Waals surface area contributed by atoms with E-state index in [1.165, 1.54) is 24.3 Å². The number of non-ortho nitro benzene ring substituents is 1. The summed E-state index contributed by atoms with van der Waals surface area (Å²) in [6.07, 6.45) is 4.49. The lowest BCUT2D eigenvalue weighted by Crippen LogP contribution is -2.32. The van der Waals surface area contributed by atoms with Crippen LogP contribution < -0.4 is 5.32 Å². The molecule has 1 fully saturated rings. The number of rotatable bonds is 6. The van der Waals surface area contributed by atoms with Crippen molar-refractivity contribution in [2.45, 2.75) is 38.5 Å². The molecule has 1 saturated carbocycles. The smallest absolute Gasteiger partial charge is 0.269 e. The van der Waals surface area contributed by atoms with Crippen molar-refractivity contribution in [3.05, 3.63) is 34.4 Å². The number of hydrogen-bond acceptors (Lipinski definition) is 4. The van der Waals surface area contributed by atoms with Crippen molar-refractivity contribution >= 4 is 23.2 Å². The summed E-state index contributed by atoms with van der Waals surface area (Å²) in [6, 6.07) is 5.75. The molecule has 0 bridgehead atoms. The van der Waals surface area contributed by atoms with E-state index in [0.717, 1.165) is 25.7 Å². The van der Waals surface area contributed by atoms with Crippen LogP contribution in [-0.2, 0) is 9.59 Å². The van der Waals surface area contributed by atoms with Gasteiger partial charge in [0, 0.05) is 44.8 Å². The Hall–Kier alpha value is -2.44. The molecule has 0 aromatic heterocycles. The predicted octanol–water partition coefficient (Wildman–Crippen LogP) is 2.96. The van der Waals surface area contributed by atoms with E-state index in [1.807, 2.05) is 0 Å². The highest BCUT2D eigenvalue weighted by Gasteiger charge is 2.38. The van der Waals surface area contributed by atoms with Crippen molar-refractivity contribution in [3.8, 4) is 0 Å². The molecule has 1 aromatic rings. The number of anilines is 1. The average Bonchev–Trinajstić information content (AvgIpc) is 2.95. The highest BCUT2D eigenvalue weighted by Crippen LogP contribution is 2.44. The van der Waals surface area contributed by atoms with Crippen LogP contribution in [0.2, 0.25) is 0 Å². The molecule has 1 aliphatic carbocycles. The third-order valence-corrected chi connectivity index (χ3v) is 4.59. The molecule has 7 heteroatoms. The van der Waals surface area contributed by atoms with Gasteiger partial charge < -0.3 is 10.2 Å². The molecule has 0 saturated heterocycles. The SMILES string of the molecule is CN(C)C(=O)CC1(CC(=O)Nc2ccc([N+](=O)[O-])cc2)CCCC1. The zero-order valence-electron chi connectivity index (χ0n) is 14.1. The first-order valence-corrected chi connectivity index (χ1v) is 8.06. The Balaban J connectivity index is 2.00. The average molecular weight is 333 g/mol. The Bertz CT molecular complexity index is 619. The van der Waals surface area contributed by atoms with Gasteiger partial charge in [0.1, 0.15) is 0 Å². The Morgan fingerprint density at radius 3 is 2.25 bits per heavy atom. The number of nitro groups is 1. The van der Waals surface area contributed by atoms with Crippen molar-refractivity contribution in [1.29, 1.82) is 0 Å². The first-order chi connectivity index (χ1) is 11.3. The molecule has 0 heterocycles. The van der Waals surface area contributed by atoms with Crippen molar-refractivity contribution < 1.29 is 14.5 Å². The van der Waals surface area contributed by atoms with Gasteiger partial charge in [-0.2, -0.15) is 0 Å². The summed E-state index contributed by atoms with van der Waals surface area (Å²) >= 11 is 0. The van der Waals surface area contributed by atoms with Crippen LogP contribution in [0, 0.1) is 15.5 Å². The normalized spacial score (nSPS) is 15.8. The fraction of sp³-hybridized carbons (Fsp3) is 0.529. The Morgan fingerprint density at radius 2 is 1.75 bits per heavy atom. The molecule has 1 aromatic carbocycles. The molecular weight excluding hydrogens is 310 g/mol. The van der Waals surface area contributed by atoms with Crippen LogP contribution in [0.4, 0.5) is 11.4 Å². The van der Waals surface area contributed by atoms with E-state index in [2.05, 4.69) is 5.32 Å². The maximum atomic E-state index is 12.4. The number of nitrogens with one attached hydrogen (secondary N) is 1. The number of nitrogens with zero attached hydrogens (tertiary/aromatic N) is 2. The second-order valence-electron chi connectivity index (χ2n) is 6.70. The number of nitro benzene ring substituents is 1. The number of carbonyl (C=O) groups is 2. The summed E-state index contributed by atoms with van der Waals surface area (Å²) in [5.74, 6) is -0.114. The topological polar surface area (TPSA) is 92.6 Å². The second-order valence-corrected chi connectivity index (χ2v) is 6.70. The lowest BCUT2D eigenvalue weighted by Gasteiger charge is -2.29. The van der Waals surface area contributed by atoms with Crippen LogP contribution in [0.25, 0.3) is 0 Å². The van der Waals surface area contributed by atoms with Crippen molar-refractivity contribution in [1.82, 2.24) is 4.90 Å². The summed E-state index contributed by atoms with van der Waals surface area (Å²) in [4.78, 5) is 36.2. The van der Waals surface area contributed by atoms with E-state index in [1.54, 1.807) is 19.0 Å². The highest BCUT2D eigenvalue weighted by molar-refractivity contribution is 5.91. The van der Waals surface area contributed by atoms with Gasteiger partial charge >= 0.3 is 0 Å². The molecule has 0 aliphatic heterocycles. The summed E-state index contributed by atoms with van der Waals surface area (Å²) in [5.41, 5.74) is 0.237. The molecule has 130 valence electrons. The molecule has 1 aliphatic rings. The van der Waals surface area contributed by atoms with E-state index < -0.39 is 4.92 Å². The van der Waals surface area contributed by atoms with Gasteiger partial charge in [-0.05, 0) is 30.4 Å². The standard InChI is InChI=1S/C17H23N3O4/c1-19(2)16(22)12-17(9-3-4-10-17)11-15(21)18-13-5-7-14(8-6-13)20(23)24/h5-8H,3-4,9-12H2,1-2H3,(H,18,21). The van der Waals surface area contributed by atoms with Gasteiger partial charge in [-0.15, -0.1) is 0 Å². The maximum absolute atomic E-state index is 12.4. The number of hydrogen-bond donors (Lipinski definition) is 1. The number of amides is 2. The number of carbonyl (C=O) groups excluding carboxylic acids is 2. The van der Waals surface area contributed by atoms with Crippen LogP contribution >= 0.6 is 0 Å². The zero-order valence-corrected chi connectivity index (χ0v) is 14.1. The molecule has 1 N–H and O–H groups in total. The zero-order chi connectivity index (χ0) is 17.7. The maximum Gasteiger partial charge on any atom is 0.269 e. The third kappa shape index (κ3) is 4.53. The van der Waals surface area contributed by atoms with Gasteiger partial charge in [0.15, 0.2) is 0 Å². The largest absolute Gasteiger partial charge is 0.349 e. The second kappa shape index (κ2) is 7.42. The van der Waals surface area contributed by atoms with Crippen LogP contribution in [0.15, 0.2) is 24.3 Å². The number of benzene rings is 1. The van der Waals surface area contributed by atoms with Crippen molar-refractivity contribution in [2.75, 3.05) is 19.4 Å². The summed E-state index contributed by atoms with van der Waals surface area (Å²) in [7, 11) is 3.45. The lowest BCUT2D eigenvalue weighted by molar-refractivity contribution is -0.384. The molecule has 0 radical (unpaired) electrons. The minimum absolute atomic E-state index is 0.0168. The monoisotopic (exact) mass is 333 g/mol. The van der Waals surface area contributed by atoms with E-state index in [0.29, 0.717) is 18.5 Å². The van der Waals surface area contributed by atoms with E-state index in [-0.39, 0.29) is 22.9 Å². The molecule has 2 rings (SSSR count). The van der Waals surface area contributed by atoms with Gasteiger partial charge in [0.2, 0.25) is 11.8 Å². The summed E-state index contributed by atoms with van der Waals surface area (Å²) in [6.45, 7) is 0. The fourth-order valence-electron chi connectivity index (χ4n) is 3.23. The van der Waals surface area contributed by atoms with Gasteiger partial charge in [-0.3, -0.25) is 19.7 Å². The van der Waals surface area contributed by atoms with Crippen molar-refractivity contribution in [2.24, 2.45) is 5.41 Å². The molecule has 0 unspecified atom stereocenters. The van der Waals surface area contributed by atoms with Crippen molar-refractivity contribution in [3.63, 3.8) is 0 Å². The molecule has 0 atom stereocenters. The van der Waals surface area contributed by atoms with E-state index in [4.69, 9.17) is 0 Å². The molecule has 7 nitrogen and oxygen atoms in total. The Morgan fingerprint density at radius 1 is 1.17 bits per heavy atom. The summed E-state index contributed by atoms with van der Waals surface area (Å²) < 4.78 is 0. The van der Waals surface area contributed by atoms with Crippen LogP contribution in [0.1, 0.15) is 38.5 Å². The minimum atomic E-state index is -0.480.